The number of aromatic nitrogens is 1. The number of methoxy groups -OCH3 is 1. The number of carbonyl (C=O) groups is 2. The van der Waals surface area contributed by atoms with Crippen LogP contribution in [0.3, 0.4) is 0 Å². The van der Waals surface area contributed by atoms with Crippen molar-refractivity contribution in [3.05, 3.63) is 107 Å². The van der Waals surface area contributed by atoms with E-state index in [-0.39, 0.29) is 47.5 Å². The molecule has 0 saturated carbocycles. The quantitative estimate of drug-likeness (QED) is 0.225. The summed E-state index contributed by atoms with van der Waals surface area (Å²) in [5.74, 6) is -0.658. The Hall–Kier alpha value is -4.11. The smallest absolute Gasteiger partial charge is 0.234 e. The second kappa shape index (κ2) is 13.9. The van der Waals surface area contributed by atoms with E-state index in [0.29, 0.717) is 32.5 Å². The zero-order valence-electron chi connectivity index (χ0n) is 27.0. The summed E-state index contributed by atoms with van der Waals surface area (Å²) in [7, 11) is 1.69. The van der Waals surface area contributed by atoms with Gasteiger partial charge in [0.2, 0.25) is 11.8 Å². The van der Waals surface area contributed by atoms with Gasteiger partial charge in [0.25, 0.3) is 0 Å². The number of hydrogen-bond donors (Lipinski definition) is 1. The first-order chi connectivity index (χ1) is 23.0. The molecule has 0 spiro atoms. The summed E-state index contributed by atoms with van der Waals surface area (Å²) in [5, 5.41) is 10.5. The number of allylic oxidation sites excluding steroid dienone is 1. The first kappa shape index (κ1) is 31.5. The minimum atomic E-state index is -0.377. The van der Waals surface area contributed by atoms with Crippen LogP contribution in [0.5, 0.6) is 5.75 Å². The summed E-state index contributed by atoms with van der Waals surface area (Å²) in [6.07, 6.45) is 7.10. The van der Waals surface area contributed by atoms with Gasteiger partial charge < -0.3 is 14.6 Å². The molecule has 3 fully saturated rings. The fraction of sp³-hybridized carbons (Fsp3) is 0.410. The van der Waals surface area contributed by atoms with E-state index in [1.54, 1.807) is 24.3 Å². The SMILES string of the molecule is COCC1=C2[C@@H](CC/C(=C/c3ccccc3O)c3ccccn3)OC[C@@H]2[C@@H]2C(=O)N(C3CCN(Cc4ccccc4)CC3)C(=O)[C@@H]2C1. The highest BCUT2D eigenvalue weighted by Gasteiger charge is 2.58. The third-order valence-corrected chi connectivity index (χ3v) is 10.5. The van der Waals surface area contributed by atoms with E-state index in [1.807, 2.05) is 48.5 Å². The van der Waals surface area contributed by atoms with Crippen molar-refractivity contribution < 1.29 is 24.2 Å². The molecule has 8 heteroatoms. The third-order valence-electron chi connectivity index (χ3n) is 10.5. The van der Waals surface area contributed by atoms with Gasteiger partial charge in [-0.25, -0.2) is 0 Å². The van der Waals surface area contributed by atoms with Crippen LogP contribution in [0.2, 0.25) is 0 Å². The van der Waals surface area contributed by atoms with Crippen LogP contribution in [0.25, 0.3) is 11.6 Å². The number of imide groups is 1. The lowest BCUT2D eigenvalue weighted by Gasteiger charge is -2.36. The van der Waals surface area contributed by atoms with Crippen molar-refractivity contribution in [2.75, 3.05) is 33.4 Å². The third kappa shape index (κ3) is 6.42. The maximum atomic E-state index is 14.2. The van der Waals surface area contributed by atoms with E-state index in [2.05, 4.69) is 34.1 Å². The molecule has 3 saturated heterocycles. The van der Waals surface area contributed by atoms with Crippen LogP contribution in [-0.4, -0.2) is 77.3 Å². The highest BCUT2D eigenvalue weighted by molar-refractivity contribution is 6.06. The summed E-state index contributed by atoms with van der Waals surface area (Å²) >= 11 is 0. The van der Waals surface area contributed by atoms with Gasteiger partial charge in [-0.3, -0.25) is 24.4 Å². The maximum Gasteiger partial charge on any atom is 0.234 e. The molecule has 0 radical (unpaired) electrons. The molecule has 4 heterocycles. The van der Waals surface area contributed by atoms with Gasteiger partial charge in [0.15, 0.2) is 0 Å². The number of phenols is 1. The lowest BCUT2D eigenvalue weighted by atomic mass is 9.69. The van der Waals surface area contributed by atoms with Crippen LogP contribution in [0, 0.1) is 17.8 Å². The number of hydrogen-bond acceptors (Lipinski definition) is 7. The monoisotopic (exact) mass is 633 g/mol. The lowest BCUT2D eigenvalue weighted by molar-refractivity contribution is -0.144. The van der Waals surface area contributed by atoms with Crippen molar-refractivity contribution in [3.8, 4) is 5.75 Å². The Balaban J connectivity index is 1.07. The fourth-order valence-corrected chi connectivity index (χ4v) is 8.25. The number of carbonyl (C=O) groups excluding carboxylic acids is 2. The zero-order chi connectivity index (χ0) is 32.3. The maximum absolute atomic E-state index is 14.2. The largest absolute Gasteiger partial charge is 0.507 e. The highest BCUT2D eigenvalue weighted by Crippen LogP contribution is 2.51. The molecule has 0 bridgehead atoms. The van der Waals surface area contributed by atoms with Gasteiger partial charge in [0.05, 0.1) is 36.8 Å². The summed E-state index contributed by atoms with van der Waals surface area (Å²) in [6.45, 7) is 3.48. The molecule has 1 aliphatic carbocycles. The fourth-order valence-electron chi connectivity index (χ4n) is 8.25. The van der Waals surface area contributed by atoms with Crippen molar-refractivity contribution >= 4 is 23.5 Å². The number of fused-ring (bicyclic) bond motifs is 3. The Labute approximate surface area is 276 Å². The number of amides is 2. The van der Waals surface area contributed by atoms with Crippen molar-refractivity contribution in [1.29, 1.82) is 0 Å². The molecule has 8 nitrogen and oxygen atoms in total. The van der Waals surface area contributed by atoms with Gasteiger partial charge in [-0.2, -0.15) is 0 Å². The number of likely N-dealkylation sites (tertiary alicyclic amines) is 2. The molecule has 2 amide bonds. The molecule has 4 aliphatic rings. The van der Waals surface area contributed by atoms with Crippen molar-refractivity contribution in [2.45, 2.75) is 50.8 Å². The second-order valence-corrected chi connectivity index (χ2v) is 13.3. The van der Waals surface area contributed by atoms with Gasteiger partial charge in [-0.1, -0.05) is 54.6 Å². The molecular formula is C39H43N3O5. The van der Waals surface area contributed by atoms with Crippen LogP contribution in [-0.2, 0) is 25.6 Å². The molecule has 4 atom stereocenters. The second-order valence-electron chi connectivity index (χ2n) is 13.3. The summed E-state index contributed by atoms with van der Waals surface area (Å²) in [4.78, 5) is 36.8. The van der Waals surface area contributed by atoms with Gasteiger partial charge in [-0.05, 0) is 78.7 Å². The first-order valence-corrected chi connectivity index (χ1v) is 16.9. The predicted octanol–water partition coefficient (Wildman–Crippen LogP) is 5.74. The molecule has 7 rings (SSSR count). The van der Waals surface area contributed by atoms with Crippen LogP contribution >= 0.6 is 0 Å². The Kier molecular flexibility index (Phi) is 9.34. The average Bonchev–Trinajstić information content (AvgIpc) is 3.63. The van der Waals surface area contributed by atoms with Gasteiger partial charge in [-0.15, -0.1) is 0 Å². The number of nitrogens with zero attached hydrogens (tertiary/aromatic N) is 3. The molecule has 1 aromatic heterocycles. The number of pyridine rings is 1. The molecular weight excluding hydrogens is 590 g/mol. The minimum absolute atomic E-state index is 0.0133. The van der Waals surface area contributed by atoms with E-state index in [0.717, 1.165) is 60.5 Å². The minimum Gasteiger partial charge on any atom is -0.507 e. The Bertz CT molecular complexity index is 1650. The zero-order valence-corrected chi connectivity index (χ0v) is 27.0. The summed E-state index contributed by atoms with van der Waals surface area (Å²) in [5.41, 5.74) is 6.12. The highest BCUT2D eigenvalue weighted by atomic mass is 16.5. The predicted molar refractivity (Wildman–Crippen MR) is 180 cm³/mol. The summed E-state index contributed by atoms with van der Waals surface area (Å²) in [6, 6.07) is 23.5. The normalized spacial score (nSPS) is 25.4. The van der Waals surface area contributed by atoms with Crippen molar-refractivity contribution in [3.63, 3.8) is 0 Å². The van der Waals surface area contributed by atoms with E-state index in [9.17, 15) is 14.7 Å². The molecule has 244 valence electrons. The van der Waals surface area contributed by atoms with Gasteiger partial charge >= 0.3 is 0 Å². The van der Waals surface area contributed by atoms with E-state index in [4.69, 9.17) is 9.47 Å². The number of ether oxygens (including phenoxy) is 2. The van der Waals surface area contributed by atoms with Crippen LogP contribution in [0.15, 0.2) is 90.1 Å². The number of rotatable bonds is 10. The Morgan fingerprint density at radius 1 is 0.979 bits per heavy atom. The van der Waals surface area contributed by atoms with E-state index >= 15 is 0 Å². The number of para-hydroxylation sites is 1. The van der Waals surface area contributed by atoms with Gasteiger partial charge in [0.1, 0.15) is 5.75 Å². The molecule has 0 unspecified atom stereocenters. The van der Waals surface area contributed by atoms with Crippen molar-refractivity contribution in [2.24, 2.45) is 17.8 Å². The molecule has 47 heavy (non-hydrogen) atoms. The summed E-state index contributed by atoms with van der Waals surface area (Å²) < 4.78 is 12.1. The molecule has 3 aliphatic heterocycles. The number of aromatic hydroxyl groups is 1. The lowest BCUT2D eigenvalue weighted by Crippen LogP contribution is -2.47. The standard InChI is InChI=1S/C39H43N3O5/c1-46-24-29-22-31-37(39(45)42(38(31)44)30-16-19-41(20-17-30)23-26-9-3-2-4-10-26)32-25-47-35(36(29)32)15-14-27(33-12-7-8-18-40-33)21-28-11-5-6-13-34(28)43/h2-13,18,21,30-32,35,37,43H,14-17,19-20,22-25H2,1H3/b27-21-/t31-,32+,35-,37-/m1/s1. The molecule has 2 aromatic carbocycles. The topological polar surface area (TPSA) is 92.2 Å². The number of piperidine rings is 1. The van der Waals surface area contributed by atoms with Crippen LogP contribution in [0.1, 0.15) is 48.9 Å². The van der Waals surface area contributed by atoms with Crippen LogP contribution < -0.4 is 0 Å². The Morgan fingerprint density at radius 3 is 2.49 bits per heavy atom. The average molecular weight is 634 g/mol. The number of phenolic OH excluding ortho intramolecular Hbond substituents is 1. The van der Waals surface area contributed by atoms with E-state index in [1.165, 1.54) is 5.56 Å². The first-order valence-electron chi connectivity index (χ1n) is 16.9. The molecule has 3 aromatic rings. The van der Waals surface area contributed by atoms with Crippen LogP contribution in [0.4, 0.5) is 0 Å². The number of benzene rings is 2. The van der Waals surface area contributed by atoms with E-state index < -0.39 is 0 Å². The van der Waals surface area contributed by atoms with Crippen molar-refractivity contribution in [1.82, 2.24) is 14.8 Å². The molecule has 1 N–H and O–H groups in total. The van der Waals surface area contributed by atoms with Gasteiger partial charge in [0, 0.05) is 50.5 Å². The Morgan fingerprint density at radius 2 is 1.74 bits per heavy atom.